The van der Waals surface area contributed by atoms with Crippen molar-refractivity contribution >= 4 is 34.6 Å². The first-order chi connectivity index (χ1) is 16.3. The SMILES string of the molecule is Cc1cc(F)c(Nc2ccnc3c2C(=O)Cc2cc(C(=O)N4CCC(O)C4)ccc2N3)cc1O. The van der Waals surface area contributed by atoms with Gasteiger partial charge in [0, 0.05) is 43.0 Å². The van der Waals surface area contributed by atoms with Gasteiger partial charge in [0.2, 0.25) is 0 Å². The first-order valence-corrected chi connectivity index (χ1v) is 11.0. The van der Waals surface area contributed by atoms with Crippen molar-refractivity contribution in [2.24, 2.45) is 0 Å². The summed E-state index contributed by atoms with van der Waals surface area (Å²) in [5, 5.41) is 25.8. The molecule has 4 N–H and O–H groups in total. The minimum absolute atomic E-state index is 0.0150. The summed E-state index contributed by atoms with van der Waals surface area (Å²) in [5.74, 6) is -0.761. The molecular formula is C25H23FN4O4. The summed E-state index contributed by atoms with van der Waals surface area (Å²) in [7, 11) is 0. The number of nitrogens with one attached hydrogen (secondary N) is 2. The number of phenols is 1. The number of aromatic hydroxyl groups is 1. The average molecular weight is 462 g/mol. The first kappa shape index (κ1) is 21.8. The van der Waals surface area contributed by atoms with Gasteiger partial charge in [0.05, 0.1) is 23.0 Å². The van der Waals surface area contributed by atoms with E-state index in [1.807, 2.05) is 0 Å². The van der Waals surface area contributed by atoms with Crippen LogP contribution in [0.4, 0.5) is 27.3 Å². The van der Waals surface area contributed by atoms with Gasteiger partial charge in [-0.1, -0.05) is 0 Å². The molecule has 1 unspecified atom stereocenters. The molecule has 1 fully saturated rings. The minimum atomic E-state index is -0.562. The summed E-state index contributed by atoms with van der Waals surface area (Å²) in [6.07, 6.45) is 1.54. The Morgan fingerprint density at radius 3 is 2.82 bits per heavy atom. The van der Waals surface area contributed by atoms with Gasteiger partial charge in [-0.3, -0.25) is 9.59 Å². The molecule has 1 aromatic heterocycles. The summed E-state index contributed by atoms with van der Waals surface area (Å²) < 4.78 is 14.5. The van der Waals surface area contributed by atoms with E-state index in [-0.39, 0.29) is 35.1 Å². The fraction of sp³-hybridized carbons (Fsp3) is 0.240. The van der Waals surface area contributed by atoms with Crippen LogP contribution in [-0.4, -0.2) is 51.0 Å². The van der Waals surface area contributed by atoms with Crippen LogP contribution in [0.25, 0.3) is 0 Å². The fourth-order valence-corrected chi connectivity index (χ4v) is 4.34. The lowest BCUT2D eigenvalue weighted by Crippen LogP contribution is -2.29. The molecule has 1 atom stereocenters. The van der Waals surface area contributed by atoms with Crippen molar-refractivity contribution in [1.29, 1.82) is 0 Å². The first-order valence-electron chi connectivity index (χ1n) is 11.0. The number of Topliss-reactive ketones (excluding diaryl/α,β-unsaturated/α-hetero) is 1. The lowest BCUT2D eigenvalue weighted by atomic mass is 10.0. The van der Waals surface area contributed by atoms with Gasteiger partial charge in [-0.2, -0.15) is 0 Å². The van der Waals surface area contributed by atoms with E-state index in [0.29, 0.717) is 53.4 Å². The monoisotopic (exact) mass is 462 g/mol. The largest absolute Gasteiger partial charge is 0.508 e. The highest BCUT2D eigenvalue weighted by atomic mass is 19.1. The number of anilines is 4. The van der Waals surface area contributed by atoms with Crippen molar-refractivity contribution in [2.45, 2.75) is 25.9 Å². The number of rotatable bonds is 3. The predicted octanol–water partition coefficient (Wildman–Crippen LogP) is 3.67. The molecule has 174 valence electrons. The number of hydrogen-bond donors (Lipinski definition) is 4. The molecule has 8 nitrogen and oxygen atoms in total. The van der Waals surface area contributed by atoms with Crippen molar-refractivity contribution in [1.82, 2.24) is 9.88 Å². The Hall–Kier alpha value is -3.98. The zero-order valence-corrected chi connectivity index (χ0v) is 18.4. The van der Waals surface area contributed by atoms with Crippen molar-refractivity contribution in [3.8, 4) is 5.75 Å². The number of hydrogen-bond acceptors (Lipinski definition) is 7. The van der Waals surface area contributed by atoms with E-state index < -0.39 is 11.9 Å². The number of amides is 1. The third-order valence-electron chi connectivity index (χ3n) is 6.19. The quantitative estimate of drug-likeness (QED) is 0.470. The number of benzene rings is 2. The number of carbonyl (C=O) groups is 2. The average Bonchev–Trinajstić information content (AvgIpc) is 3.18. The maximum absolute atomic E-state index is 14.5. The molecule has 1 amide bonds. The number of aryl methyl sites for hydroxylation is 1. The summed E-state index contributed by atoms with van der Waals surface area (Å²) in [6, 6.07) is 9.15. The number of aliphatic hydroxyl groups excluding tert-OH is 1. The summed E-state index contributed by atoms with van der Waals surface area (Å²) in [6.45, 7) is 2.38. The van der Waals surface area contributed by atoms with E-state index in [0.717, 1.165) is 0 Å². The van der Waals surface area contributed by atoms with E-state index >= 15 is 0 Å². The van der Waals surface area contributed by atoms with Gasteiger partial charge in [-0.15, -0.1) is 0 Å². The highest BCUT2D eigenvalue weighted by Gasteiger charge is 2.28. The maximum atomic E-state index is 14.5. The molecular weight excluding hydrogens is 439 g/mol. The third kappa shape index (κ3) is 3.94. The number of aromatic nitrogens is 1. The van der Waals surface area contributed by atoms with E-state index in [9.17, 15) is 24.2 Å². The van der Waals surface area contributed by atoms with Crippen molar-refractivity contribution in [3.05, 3.63) is 70.7 Å². The van der Waals surface area contributed by atoms with Gasteiger partial charge in [0.15, 0.2) is 5.78 Å². The smallest absolute Gasteiger partial charge is 0.253 e. The molecule has 5 rings (SSSR count). The number of ketones is 1. The van der Waals surface area contributed by atoms with Crippen LogP contribution in [0, 0.1) is 12.7 Å². The number of phenolic OH excluding ortho intramolecular Hbond substituents is 1. The highest BCUT2D eigenvalue weighted by molar-refractivity contribution is 6.09. The molecule has 3 heterocycles. The molecule has 0 saturated carbocycles. The summed E-state index contributed by atoms with van der Waals surface area (Å²) >= 11 is 0. The molecule has 0 radical (unpaired) electrons. The second-order valence-corrected chi connectivity index (χ2v) is 8.62. The predicted molar refractivity (Wildman–Crippen MR) is 125 cm³/mol. The van der Waals surface area contributed by atoms with Crippen LogP contribution in [0.15, 0.2) is 42.6 Å². The Labute approximate surface area is 195 Å². The van der Waals surface area contributed by atoms with Crippen LogP contribution in [0.3, 0.4) is 0 Å². The maximum Gasteiger partial charge on any atom is 0.253 e. The highest BCUT2D eigenvalue weighted by Crippen LogP contribution is 2.35. The summed E-state index contributed by atoms with van der Waals surface area (Å²) in [4.78, 5) is 32.0. The number of β-amino-alcohol motifs (C(OH)–C–C–N with tert-alkyl or cyclic N) is 1. The Bertz CT molecular complexity index is 1330. The minimum Gasteiger partial charge on any atom is -0.508 e. The zero-order chi connectivity index (χ0) is 24.0. The summed E-state index contributed by atoms with van der Waals surface area (Å²) in [5.41, 5.74) is 2.77. The van der Waals surface area contributed by atoms with Crippen LogP contribution >= 0.6 is 0 Å². The Balaban J connectivity index is 1.46. The normalized spacial score (nSPS) is 17.0. The Morgan fingerprint density at radius 1 is 1.24 bits per heavy atom. The van der Waals surface area contributed by atoms with Gasteiger partial charge >= 0.3 is 0 Å². The Morgan fingerprint density at radius 2 is 2.06 bits per heavy atom. The molecule has 2 aliphatic heterocycles. The van der Waals surface area contributed by atoms with Crippen LogP contribution in [0.5, 0.6) is 5.75 Å². The molecule has 34 heavy (non-hydrogen) atoms. The van der Waals surface area contributed by atoms with Crippen LogP contribution in [0.2, 0.25) is 0 Å². The number of fused-ring (bicyclic) bond motifs is 2. The molecule has 2 aromatic carbocycles. The van der Waals surface area contributed by atoms with Crippen LogP contribution < -0.4 is 10.6 Å². The van der Waals surface area contributed by atoms with Crippen molar-refractivity contribution < 1.29 is 24.2 Å². The Kier molecular flexibility index (Phi) is 5.41. The second-order valence-electron chi connectivity index (χ2n) is 8.62. The van der Waals surface area contributed by atoms with E-state index in [1.54, 1.807) is 36.1 Å². The molecule has 0 spiro atoms. The standard InChI is InChI=1S/C25H23FN4O4/c1-13-8-17(26)20(11-21(13)32)28-19-4-6-27-24-23(19)22(33)10-15-9-14(2-3-18(15)29-24)25(34)30-7-5-16(31)12-30/h2-4,6,8-9,11,16,31-32H,5,7,10,12H2,1H3,(H2,27,28,29). The number of carbonyl (C=O) groups excluding carboxylic acids is 2. The van der Waals surface area contributed by atoms with Gasteiger partial charge in [-0.05, 0) is 54.8 Å². The number of aliphatic hydroxyl groups is 1. The molecule has 0 bridgehead atoms. The molecule has 3 aromatic rings. The van der Waals surface area contributed by atoms with Gasteiger partial charge in [-0.25, -0.2) is 9.37 Å². The second kappa shape index (κ2) is 8.42. The lowest BCUT2D eigenvalue weighted by Gasteiger charge is -2.17. The molecule has 1 saturated heterocycles. The number of pyridine rings is 1. The van der Waals surface area contributed by atoms with Crippen molar-refractivity contribution in [3.63, 3.8) is 0 Å². The van der Waals surface area contributed by atoms with Gasteiger partial charge < -0.3 is 25.7 Å². The number of nitrogens with zero attached hydrogens (tertiary/aromatic N) is 2. The van der Waals surface area contributed by atoms with Crippen LogP contribution in [0.1, 0.15) is 38.3 Å². The number of halogens is 1. The van der Waals surface area contributed by atoms with Crippen molar-refractivity contribution in [2.75, 3.05) is 23.7 Å². The fourth-order valence-electron chi connectivity index (χ4n) is 4.34. The topological polar surface area (TPSA) is 115 Å². The lowest BCUT2D eigenvalue weighted by molar-refractivity contribution is 0.0764. The molecule has 9 heteroatoms. The van der Waals surface area contributed by atoms with E-state index in [1.165, 1.54) is 18.3 Å². The van der Waals surface area contributed by atoms with E-state index in [4.69, 9.17) is 0 Å². The van der Waals surface area contributed by atoms with Gasteiger partial charge in [0.1, 0.15) is 17.4 Å². The van der Waals surface area contributed by atoms with Crippen LogP contribution in [-0.2, 0) is 6.42 Å². The number of likely N-dealkylation sites (tertiary alicyclic amines) is 1. The zero-order valence-electron chi connectivity index (χ0n) is 18.4. The molecule has 0 aliphatic carbocycles. The van der Waals surface area contributed by atoms with E-state index in [2.05, 4.69) is 15.6 Å². The molecule has 2 aliphatic rings. The third-order valence-corrected chi connectivity index (χ3v) is 6.19. The van der Waals surface area contributed by atoms with Gasteiger partial charge in [0.25, 0.3) is 5.91 Å².